The lowest BCUT2D eigenvalue weighted by Gasteiger charge is -2.21. The topological polar surface area (TPSA) is 117 Å². The summed E-state index contributed by atoms with van der Waals surface area (Å²) in [5, 5.41) is 16.3. The zero-order chi connectivity index (χ0) is 24.9. The van der Waals surface area contributed by atoms with E-state index < -0.39 is 28.8 Å². The zero-order valence-corrected chi connectivity index (χ0v) is 18.8. The molecule has 3 aromatic carbocycles. The number of aliphatic imine (C=N–C) groups is 1. The lowest BCUT2D eigenvalue weighted by molar-refractivity contribution is -0.385. The molecule has 2 N–H and O–H groups in total. The van der Waals surface area contributed by atoms with Gasteiger partial charge >= 0.3 is 6.03 Å². The van der Waals surface area contributed by atoms with Crippen LogP contribution in [0.2, 0.25) is 0 Å². The molecular weight excluding hydrogens is 453 g/mol. The Kier molecular flexibility index (Phi) is 6.81. The number of amides is 3. The number of nitrogens with zero attached hydrogens (tertiary/aromatic N) is 3. The van der Waals surface area contributed by atoms with Gasteiger partial charge in [-0.25, -0.2) is 14.2 Å². The molecular formula is C25H22FN5O4. The number of rotatable bonds is 6. The Hall–Kier alpha value is -4.60. The molecule has 3 amide bonds. The van der Waals surface area contributed by atoms with Gasteiger partial charge < -0.3 is 15.5 Å². The number of likely N-dealkylation sites (N-methyl/N-ethyl adjacent to an activating group) is 1. The number of para-hydroxylation sites is 2. The number of nitro benzene ring substituents is 1. The Morgan fingerprint density at radius 3 is 2.46 bits per heavy atom. The molecule has 1 heterocycles. The van der Waals surface area contributed by atoms with Crippen LogP contribution in [0, 0.1) is 15.9 Å². The van der Waals surface area contributed by atoms with Gasteiger partial charge in [-0.15, -0.1) is 0 Å². The van der Waals surface area contributed by atoms with E-state index in [9.17, 15) is 24.1 Å². The Balaban J connectivity index is 1.56. The number of anilines is 1. The van der Waals surface area contributed by atoms with Crippen LogP contribution in [0.1, 0.15) is 16.7 Å². The van der Waals surface area contributed by atoms with Gasteiger partial charge in [0.2, 0.25) is 6.17 Å². The smallest absolute Gasteiger partial charge is 0.316 e. The summed E-state index contributed by atoms with van der Waals surface area (Å²) in [7, 11) is 1.56. The number of benzene rings is 3. The van der Waals surface area contributed by atoms with Crippen LogP contribution in [-0.4, -0.2) is 42.3 Å². The molecule has 0 bridgehead atoms. The highest BCUT2D eigenvalue weighted by atomic mass is 19.1. The number of benzodiazepines with no additional fused rings is 1. The first kappa shape index (κ1) is 23.6. The van der Waals surface area contributed by atoms with Crippen molar-refractivity contribution in [1.29, 1.82) is 0 Å². The lowest BCUT2D eigenvalue weighted by Crippen LogP contribution is -2.49. The van der Waals surface area contributed by atoms with Crippen molar-refractivity contribution < 1.29 is 18.9 Å². The van der Waals surface area contributed by atoms with Crippen LogP contribution in [0.25, 0.3) is 0 Å². The molecule has 0 saturated carbocycles. The van der Waals surface area contributed by atoms with E-state index in [2.05, 4.69) is 15.6 Å². The van der Waals surface area contributed by atoms with Crippen molar-refractivity contribution in [3.05, 3.63) is 105 Å². The minimum absolute atomic E-state index is 0.0350. The summed E-state index contributed by atoms with van der Waals surface area (Å²) in [6, 6.07) is 18.6. The predicted octanol–water partition coefficient (Wildman–Crippen LogP) is 3.42. The fourth-order valence-electron chi connectivity index (χ4n) is 3.87. The Morgan fingerprint density at radius 2 is 1.71 bits per heavy atom. The van der Waals surface area contributed by atoms with Crippen molar-refractivity contribution >= 4 is 29.0 Å². The number of urea groups is 1. The number of hydrogen-bond donors (Lipinski definition) is 2. The second-order valence-electron chi connectivity index (χ2n) is 7.81. The third-order valence-corrected chi connectivity index (χ3v) is 5.61. The highest BCUT2D eigenvalue weighted by Crippen LogP contribution is 2.28. The zero-order valence-electron chi connectivity index (χ0n) is 18.8. The van der Waals surface area contributed by atoms with Gasteiger partial charge in [0, 0.05) is 36.3 Å². The highest BCUT2D eigenvalue weighted by Gasteiger charge is 2.31. The molecule has 1 atom stereocenters. The standard InChI is InChI=1S/C25H22FN5O4/c1-30-21-13-7-4-10-18(21)22(17-9-3-5-11-19(17)26)28-23(24(30)32)29-25(33)27-15-14-16-8-2-6-12-20(16)31(34)35/h2-13,23H,14-15H2,1H3,(H2,27,29,33). The Labute approximate surface area is 200 Å². The molecule has 10 heteroatoms. The van der Waals surface area contributed by atoms with Gasteiger partial charge in [0.25, 0.3) is 11.6 Å². The van der Waals surface area contributed by atoms with Gasteiger partial charge in [0.05, 0.1) is 16.3 Å². The monoisotopic (exact) mass is 475 g/mol. The average Bonchev–Trinajstić information content (AvgIpc) is 2.95. The molecule has 0 saturated heterocycles. The summed E-state index contributed by atoms with van der Waals surface area (Å²) in [6.07, 6.45) is -1.09. The maximum Gasteiger partial charge on any atom is 0.316 e. The number of nitro groups is 1. The van der Waals surface area contributed by atoms with E-state index in [4.69, 9.17) is 0 Å². The molecule has 1 aliphatic heterocycles. The molecule has 0 fully saturated rings. The van der Waals surface area contributed by atoms with Gasteiger partial charge in [0.1, 0.15) is 5.82 Å². The van der Waals surface area contributed by atoms with Gasteiger partial charge in [-0.3, -0.25) is 14.9 Å². The fraction of sp³-hybridized carbons (Fsp3) is 0.160. The summed E-state index contributed by atoms with van der Waals surface area (Å²) in [6.45, 7) is 0.0948. The van der Waals surface area contributed by atoms with E-state index in [-0.39, 0.29) is 29.9 Å². The van der Waals surface area contributed by atoms with Crippen LogP contribution in [0.5, 0.6) is 0 Å². The van der Waals surface area contributed by atoms with Crippen LogP contribution in [0.4, 0.5) is 20.6 Å². The second-order valence-corrected chi connectivity index (χ2v) is 7.81. The van der Waals surface area contributed by atoms with E-state index in [0.717, 1.165) is 0 Å². The Bertz CT molecular complexity index is 1330. The molecule has 1 unspecified atom stereocenters. The van der Waals surface area contributed by atoms with Crippen molar-refractivity contribution in [1.82, 2.24) is 10.6 Å². The maximum absolute atomic E-state index is 14.7. The van der Waals surface area contributed by atoms with E-state index in [1.807, 2.05) is 0 Å². The lowest BCUT2D eigenvalue weighted by atomic mass is 10.00. The highest BCUT2D eigenvalue weighted by molar-refractivity contribution is 6.20. The van der Waals surface area contributed by atoms with E-state index >= 15 is 0 Å². The summed E-state index contributed by atoms with van der Waals surface area (Å²) in [4.78, 5) is 42.2. The number of carbonyl (C=O) groups excluding carboxylic acids is 2. The SMILES string of the molecule is CN1C(=O)C(NC(=O)NCCc2ccccc2[N+](=O)[O-])N=C(c2ccccc2F)c2ccccc21. The van der Waals surface area contributed by atoms with Crippen molar-refractivity contribution in [2.45, 2.75) is 12.6 Å². The molecule has 9 nitrogen and oxygen atoms in total. The molecule has 1 aliphatic rings. The van der Waals surface area contributed by atoms with Crippen LogP contribution in [0.15, 0.2) is 77.8 Å². The van der Waals surface area contributed by atoms with E-state index in [0.29, 0.717) is 16.8 Å². The summed E-state index contributed by atoms with van der Waals surface area (Å²) in [5.41, 5.74) is 1.95. The van der Waals surface area contributed by atoms with Crippen LogP contribution in [-0.2, 0) is 11.2 Å². The van der Waals surface area contributed by atoms with Crippen molar-refractivity contribution in [3.63, 3.8) is 0 Å². The molecule has 0 aromatic heterocycles. The third kappa shape index (κ3) is 5.01. The molecule has 0 spiro atoms. The number of fused-ring (bicyclic) bond motifs is 1. The van der Waals surface area contributed by atoms with Gasteiger partial charge in [-0.1, -0.05) is 48.5 Å². The van der Waals surface area contributed by atoms with E-state index in [1.54, 1.807) is 67.7 Å². The van der Waals surface area contributed by atoms with Crippen molar-refractivity contribution in [3.8, 4) is 0 Å². The van der Waals surface area contributed by atoms with Crippen LogP contribution in [0.3, 0.4) is 0 Å². The number of nitrogens with one attached hydrogen (secondary N) is 2. The predicted molar refractivity (Wildman–Crippen MR) is 129 cm³/mol. The summed E-state index contributed by atoms with van der Waals surface area (Å²) in [5.74, 6) is -1.01. The molecule has 178 valence electrons. The first-order valence-corrected chi connectivity index (χ1v) is 10.8. The largest absolute Gasteiger partial charge is 0.338 e. The van der Waals surface area contributed by atoms with E-state index in [1.165, 1.54) is 17.0 Å². The fourth-order valence-corrected chi connectivity index (χ4v) is 3.87. The second kappa shape index (κ2) is 10.1. The molecule has 4 rings (SSSR count). The third-order valence-electron chi connectivity index (χ3n) is 5.61. The minimum atomic E-state index is -1.31. The average molecular weight is 475 g/mol. The number of hydrogen-bond acceptors (Lipinski definition) is 5. The summed E-state index contributed by atoms with van der Waals surface area (Å²) >= 11 is 0. The van der Waals surface area contributed by atoms with Gasteiger partial charge in [-0.2, -0.15) is 0 Å². The minimum Gasteiger partial charge on any atom is -0.338 e. The quantitative estimate of drug-likeness (QED) is 0.420. The van der Waals surface area contributed by atoms with Crippen molar-refractivity contribution in [2.75, 3.05) is 18.5 Å². The number of halogens is 1. The normalized spacial score (nSPS) is 15.0. The molecule has 0 aliphatic carbocycles. The molecule has 0 radical (unpaired) electrons. The van der Waals surface area contributed by atoms with Crippen LogP contribution >= 0.6 is 0 Å². The first-order valence-electron chi connectivity index (χ1n) is 10.8. The summed E-state index contributed by atoms with van der Waals surface area (Å²) < 4.78 is 14.7. The molecule has 35 heavy (non-hydrogen) atoms. The number of carbonyl (C=O) groups is 2. The molecule has 3 aromatic rings. The maximum atomic E-state index is 14.7. The Morgan fingerprint density at radius 1 is 1.06 bits per heavy atom. The van der Waals surface area contributed by atoms with Crippen LogP contribution < -0.4 is 15.5 Å². The van der Waals surface area contributed by atoms with Gasteiger partial charge in [-0.05, 0) is 24.6 Å². The first-order chi connectivity index (χ1) is 16.9. The van der Waals surface area contributed by atoms with Crippen molar-refractivity contribution in [2.24, 2.45) is 4.99 Å². The van der Waals surface area contributed by atoms with Gasteiger partial charge in [0.15, 0.2) is 0 Å².